The molecule has 142 valence electrons. The Labute approximate surface area is 160 Å². The Hall–Kier alpha value is -3.07. The lowest BCUT2D eigenvalue weighted by Crippen LogP contribution is -2.30. The van der Waals surface area contributed by atoms with Gasteiger partial charge in [-0.15, -0.1) is 11.8 Å². The van der Waals surface area contributed by atoms with Gasteiger partial charge in [-0.1, -0.05) is 17.7 Å². The van der Waals surface area contributed by atoms with Crippen molar-refractivity contribution in [2.45, 2.75) is 11.8 Å². The average molecular weight is 389 g/mol. The van der Waals surface area contributed by atoms with Crippen molar-refractivity contribution in [3.8, 4) is 0 Å². The van der Waals surface area contributed by atoms with E-state index in [4.69, 9.17) is 10.5 Å². The second kappa shape index (κ2) is 9.58. The summed E-state index contributed by atoms with van der Waals surface area (Å²) in [6.45, 7) is 1.99. The highest BCUT2D eigenvalue weighted by molar-refractivity contribution is 7.99. The van der Waals surface area contributed by atoms with Crippen LogP contribution in [0.3, 0.4) is 0 Å². The molecule has 3 N–H and O–H groups in total. The maximum absolute atomic E-state index is 11.9. The summed E-state index contributed by atoms with van der Waals surface area (Å²) < 4.78 is 4.89. The van der Waals surface area contributed by atoms with Crippen LogP contribution in [0.4, 0.5) is 11.4 Å². The first-order chi connectivity index (χ1) is 12.9. The molecule has 0 aliphatic heterocycles. The molecule has 0 atom stereocenters. The predicted molar refractivity (Wildman–Crippen MR) is 103 cm³/mol. The first-order valence-electron chi connectivity index (χ1n) is 8.04. The zero-order valence-electron chi connectivity index (χ0n) is 14.6. The summed E-state index contributed by atoms with van der Waals surface area (Å²) in [7, 11) is 0. The van der Waals surface area contributed by atoms with Crippen LogP contribution in [0.2, 0.25) is 0 Å². The first-order valence-corrected chi connectivity index (χ1v) is 9.02. The molecular formula is C18H19N3O5S. The van der Waals surface area contributed by atoms with Crippen LogP contribution in [-0.2, 0) is 9.53 Å². The van der Waals surface area contributed by atoms with Gasteiger partial charge in [0, 0.05) is 29.3 Å². The monoisotopic (exact) mass is 389 g/mol. The summed E-state index contributed by atoms with van der Waals surface area (Å²) in [4.78, 5) is 34.8. The van der Waals surface area contributed by atoms with Gasteiger partial charge in [-0.05, 0) is 25.1 Å². The van der Waals surface area contributed by atoms with Crippen LogP contribution in [0, 0.1) is 17.0 Å². The molecule has 0 aromatic heterocycles. The van der Waals surface area contributed by atoms with Crippen molar-refractivity contribution >= 4 is 35.0 Å². The number of amides is 1. The molecule has 2 rings (SSSR count). The molecule has 0 saturated carbocycles. The third kappa shape index (κ3) is 6.30. The van der Waals surface area contributed by atoms with Crippen molar-refractivity contribution < 1.29 is 19.2 Å². The third-order valence-electron chi connectivity index (χ3n) is 3.51. The first kappa shape index (κ1) is 20.2. The standard InChI is InChI=1S/C18H19N3O5S/c1-12-2-5-14(6-3-12)27-9-8-20-17(22)11-26-18(23)15-7-4-13(21(24)25)10-16(15)19/h2-7,10H,8-9,11,19H2,1H3,(H,20,22). The molecule has 1 amide bonds. The minimum absolute atomic E-state index is 0.0247. The van der Waals surface area contributed by atoms with E-state index in [0.29, 0.717) is 12.3 Å². The molecular weight excluding hydrogens is 370 g/mol. The molecule has 0 radical (unpaired) electrons. The largest absolute Gasteiger partial charge is 0.452 e. The molecule has 0 spiro atoms. The summed E-state index contributed by atoms with van der Waals surface area (Å²) >= 11 is 1.60. The maximum Gasteiger partial charge on any atom is 0.340 e. The Morgan fingerprint density at radius 1 is 1.22 bits per heavy atom. The average Bonchev–Trinajstić information content (AvgIpc) is 2.64. The van der Waals surface area contributed by atoms with E-state index in [9.17, 15) is 19.7 Å². The predicted octanol–water partition coefficient (Wildman–Crippen LogP) is 2.55. The lowest BCUT2D eigenvalue weighted by Gasteiger charge is -2.08. The maximum atomic E-state index is 11.9. The Morgan fingerprint density at radius 2 is 1.93 bits per heavy atom. The molecule has 2 aromatic carbocycles. The van der Waals surface area contributed by atoms with Crippen LogP contribution >= 0.6 is 11.8 Å². The number of ether oxygens (including phenoxy) is 1. The highest BCUT2D eigenvalue weighted by Gasteiger charge is 2.16. The Kier molecular flexibility index (Phi) is 7.18. The number of thioether (sulfide) groups is 1. The number of carbonyl (C=O) groups is 2. The van der Waals surface area contributed by atoms with E-state index in [1.54, 1.807) is 11.8 Å². The van der Waals surface area contributed by atoms with E-state index >= 15 is 0 Å². The Balaban J connectivity index is 1.72. The molecule has 0 aliphatic rings. The number of nitro benzene ring substituents is 1. The van der Waals surface area contributed by atoms with E-state index in [0.717, 1.165) is 17.0 Å². The van der Waals surface area contributed by atoms with Crippen molar-refractivity contribution in [3.63, 3.8) is 0 Å². The number of anilines is 1. The zero-order chi connectivity index (χ0) is 19.8. The van der Waals surface area contributed by atoms with Crippen molar-refractivity contribution in [1.29, 1.82) is 0 Å². The highest BCUT2D eigenvalue weighted by Crippen LogP contribution is 2.20. The summed E-state index contributed by atoms with van der Waals surface area (Å²) in [5.41, 5.74) is 6.47. The van der Waals surface area contributed by atoms with Gasteiger partial charge in [-0.2, -0.15) is 0 Å². The molecule has 27 heavy (non-hydrogen) atoms. The number of benzene rings is 2. The SMILES string of the molecule is Cc1ccc(SCCNC(=O)COC(=O)c2ccc([N+](=O)[O-])cc2N)cc1. The molecule has 0 aliphatic carbocycles. The number of non-ortho nitro benzene ring substituents is 1. The number of carbonyl (C=O) groups excluding carboxylic acids is 2. The van der Waals surface area contributed by atoms with Gasteiger partial charge in [0.15, 0.2) is 6.61 Å². The van der Waals surface area contributed by atoms with Gasteiger partial charge in [0.2, 0.25) is 0 Å². The van der Waals surface area contributed by atoms with Crippen LogP contribution in [-0.4, -0.2) is 35.7 Å². The summed E-state index contributed by atoms with van der Waals surface area (Å²) in [6.07, 6.45) is 0. The summed E-state index contributed by atoms with van der Waals surface area (Å²) in [6, 6.07) is 11.5. The van der Waals surface area contributed by atoms with E-state index in [1.807, 2.05) is 31.2 Å². The Bertz CT molecular complexity index is 839. The molecule has 0 unspecified atom stereocenters. The van der Waals surface area contributed by atoms with E-state index < -0.39 is 23.4 Å². The van der Waals surface area contributed by atoms with Crippen LogP contribution in [0.25, 0.3) is 0 Å². The van der Waals surface area contributed by atoms with E-state index in [1.165, 1.54) is 11.6 Å². The molecule has 0 heterocycles. The number of nitrogens with one attached hydrogen (secondary N) is 1. The normalized spacial score (nSPS) is 10.3. The van der Waals surface area contributed by atoms with Crippen LogP contribution in [0.5, 0.6) is 0 Å². The van der Waals surface area contributed by atoms with Gasteiger partial charge in [-0.3, -0.25) is 14.9 Å². The number of aryl methyl sites for hydroxylation is 1. The summed E-state index contributed by atoms with van der Waals surface area (Å²) in [5.74, 6) is -0.571. The highest BCUT2D eigenvalue weighted by atomic mass is 32.2. The van der Waals surface area contributed by atoms with Crippen molar-refractivity contribution in [2.24, 2.45) is 0 Å². The van der Waals surface area contributed by atoms with E-state index in [2.05, 4.69) is 5.32 Å². The number of esters is 1. The fourth-order valence-electron chi connectivity index (χ4n) is 2.10. The topological polar surface area (TPSA) is 125 Å². The van der Waals surface area contributed by atoms with Crippen molar-refractivity contribution in [3.05, 3.63) is 63.7 Å². The smallest absolute Gasteiger partial charge is 0.340 e. The number of nitrogen functional groups attached to an aromatic ring is 1. The van der Waals surface area contributed by atoms with Crippen LogP contribution in [0.15, 0.2) is 47.4 Å². The molecule has 0 fully saturated rings. The molecule has 2 aromatic rings. The molecule has 9 heteroatoms. The number of hydrogen-bond donors (Lipinski definition) is 2. The number of nitrogens with zero attached hydrogens (tertiary/aromatic N) is 1. The van der Waals surface area contributed by atoms with Crippen molar-refractivity contribution in [2.75, 3.05) is 24.6 Å². The third-order valence-corrected chi connectivity index (χ3v) is 4.53. The quantitative estimate of drug-likeness (QED) is 0.177. The molecule has 8 nitrogen and oxygen atoms in total. The van der Waals surface area contributed by atoms with Gasteiger partial charge >= 0.3 is 5.97 Å². The number of hydrogen-bond acceptors (Lipinski definition) is 7. The molecule has 0 saturated heterocycles. The number of nitro groups is 1. The van der Waals surface area contributed by atoms with Crippen molar-refractivity contribution in [1.82, 2.24) is 5.32 Å². The number of rotatable bonds is 8. The summed E-state index contributed by atoms with van der Waals surface area (Å²) in [5, 5.41) is 13.3. The van der Waals surface area contributed by atoms with Gasteiger partial charge in [0.05, 0.1) is 16.2 Å². The number of nitrogens with two attached hydrogens (primary N) is 1. The molecule has 0 bridgehead atoms. The zero-order valence-corrected chi connectivity index (χ0v) is 15.5. The van der Waals surface area contributed by atoms with Crippen LogP contribution in [0.1, 0.15) is 15.9 Å². The second-order valence-electron chi connectivity index (χ2n) is 5.62. The minimum Gasteiger partial charge on any atom is -0.452 e. The fourth-order valence-corrected chi connectivity index (χ4v) is 2.87. The lowest BCUT2D eigenvalue weighted by molar-refractivity contribution is -0.384. The van der Waals surface area contributed by atoms with Gasteiger partial charge < -0.3 is 15.8 Å². The van der Waals surface area contributed by atoms with Gasteiger partial charge in [0.25, 0.3) is 11.6 Å². The van der Waals surface area contributed by atoms with E-state index in [-0.39, 0.29) is 16.9 Å². The minimum atomic E-state index is -0.813. The van der Waals surface area contributed by atoms with Gasteiger partial charge in [0.1, 0.15) is 0 Å². The fraction of sp³-hybridized carbons (Fsp3) is 0.222. The Morgan fingerprint density at radius 3 is 2.56 bits per heavy atom. The lowest BCUT2D eigenvalue weighted by atomic mass is 10.1. The van der Waals surface area contributed by atoms with Crippen LogP contribution < -0.4 is 11.1 Å². The van der Waals surface area contributed by atoms with Gasteiger partial charge in [-0.25, -0.2) is 4.79 Å². The second-order valence-corrected chi connectivity index (χ2v) is 6.78.